The fourth-order valence-electron chi connectivity index (χ4n) is 8.72. The van der Waals surface area contributed by atoms with Gasteiger partial charge in [0.2, 0.25) is 11.6 Å². The van der Waals surface area contributed by atoms with Crippen molar-refractivity contribution in [2.75, 3.05) is 71.4 Å². The number of fused-ring (bicyclic) bond motifs is 2. The van der Waals surface area contributed by atoms with E-state index in [9.17, 15) is 48.7 Å². The van der Waals surface area contributed by atoms with E-state index in [1.54, 1.807) is 26.4 Å². The number of nitrogens with one attached hydrogen (secondary N) is 1. The number of carbonyl (C=O) groups excluding carboxylic acids is 3. The van der Waals surface area contributed by atoms with Crippen LogP contribution in [-0.2, 0) is 69.2 Å². The van der Waals surface area contributed by atoms with Gasteiger partial charge in [-0.1, -0.05) is 24.6 Å². The van der Waals surface area contributed by atoms with Crippen LogP contribution in [0.1, 0.15) is 69.9 Å². The lowest BCUT2D eigenvalue weighted by atomic mass is 9.76. The highest BCUT2D eigenvalue weighted by atomic mass is 32.2. The number of methoxy groups -OCH3 is 2. The molecule has 3 N–H and O–H groups in total. The van der Waals surface area contributed by atoms with Crippen LogP contribution in [-0.4, -0.2) is 134 Å². The van der Waals surface area contributed by atoms with E-state index in [-0.39, 0.29) is 48.1 Å². The highest BCUT2D eigenvalue weighted by molar-refractivity contribution is 7.86. The fraction of sp³-hybridized carbons (Fsp3) is 0.467. The third-order valence-corrected chi connectivity index (χ3v) is 15.1. The van der Waals surface area contributed by atoms with Gasteiger partial charge in [0.25, 0.3) is 42.2 Å². The number of unbranched alkanes of at least 4 members (excludes halogenated alkanes) is 2. The third-order valence-electron chi connectivity index (χ3n) is 12.2. The Morgan fingerprint density at radius 1 is 0.773 bits per heavy atom. The van der Waals surface area contributed by atoms with Crippen molar-refractivity contribution < 1.29 is 67.0 Å². The van der Waals surface area contributed by atoms with Gasteiger partial charge in [-0.3, -0.25) is 32.6 Å². The number of rotatable bonds is 25. The smallest absolute Gasteiger partial charge is 0.296 e. The van der Waals surface area contributed by atoms with E-state index >= 15 is 0 Å². The fourth-order valence-corrected chi connectivity index (χ4v) is 10.4. The number of carbonyl (C=O) groups is 3. The molecule has 66 heavy (non-hydrogen) atoms. The van der Waals surface area contributed by atoms with E-state index in [0.717, 1.165) is 29.1 Å². The number of nitrogens with zero attached hydrogens (tertiary/aromatic N) is 3. The standard InChI is InChI=1S/C45H58N4O14S3/c1-44(22-12-30-64(53,54)55)36-32-34(66(59,60)63-5)17-19-38(36)48(27-29-62-4)39(44)13-8-6-9-14-40-45(2,23-28-61-3)35-31-33(65(56,57)58)16-18-37(35)47(40)25-11-7-10-15-41(50)46-24-26-49-42(51)20-21-43(49)52/h6,8-9,13-14,16-21,31-32H,7,10-12,15,22-30H2,1-5H3,(H2-,46,50,53,54,55,56,57,58)/p+1. The van der Waals surface area contributed by atoms with Crippen molar-refractivity contribution in [3.05, 3.63) is 95.8 Å². The first kappa shape index (κ1) is 52.1. The van der Waals surface area contributed by atoms with Crippen LogP contribution >= 0.6 is 0 Å². The van der Waals surface area contributed by atoms with Crippen LogP contribution in [0.15, 0.2) is 94.4 Å². The minimum atomic E-state index is -4.54. The highest BCUT2D eigenvalue weighted by Gasteiger charge is 2.48. The molecule has 3 amide bonds. The molecule has 0 fully saturated rings. The van der Waals surface area contributed by atoms with E-state index in [1.165, 1.54) is 36.4 Å². The molecule has 21 heteroatoms. The molecule has 2 atom stereocenters. The third kappa shape index (κ3) is 12.2. The molecule has 3 aliphatic rings. The predicted molar refractivity (Wildman–Crippen MR) is 246 cm³/mol. The van der Waals surface area contributed by atoms with Crippen LogP contribution in [0.5, 0.6) is 0 Å². The molecule has 0 saturated carbocycles. The molecule has 2 aromatic carbocycles. The number of ether oxygens (including phenoxy) is 2. The quantitative estimate of drug-likeness (QED) is 0.0313. The Bertz CT molecular complexity index is 2660. The zero-order valence-electron chi connectivity index (χ0n) is 37.8. The van der Waals surface area contributed by atoms with Crippen molar-refractivity contribution in [2.24, 2.45) is 0 Å². The normalized spacial score (nSPS) is 20.5. The SMILES string of the molecule is COCC[N+]1=C(C=CC=CC=C2N(CCCCCC(=O)NCCN3C(=O)C=CC3=O)c3ccc(S(=O)(=O)O)cc3C2(C)CCOC)C(C)(CCCS(=O)(=O)O)c2cc(S(=O)(=O)OC)ccc21. The average molecular weight is 976 g/mol. The van der Waals surface area contributed by atoms with Crippen LogP contribution in [0.3, 0.4) is 0 Å². The molecule has 5 rings (SSSR count). The van der Waals surface area contributed by atoms with Crippen LogP contribution in [0.4, 0.5) is 11.4 Å². The second kappa shape index (κ2) is 21.8. The first-order valence-corrected chi connectivity index (χ1v) is 25.9. The molecule has 2 unspecified atom stereocenters. The molecule has 0 radical (unpaired) electrons. The number of amides is 3. The van der Waals surface area contributed by atoms with Gasteiger partial charge in [-0.05, 0) is 87.9 Å². The van der Waals surface area contributed by atoms with Gasteiger partial charge in [0, 0.05) is 93.5 Å². The maximum atomic E-state index is 12.8. The Labute approximate surface area is 387 Å². The Kier molecular flexibility index (Phi) is 17.2. The number of allylic oxidation sites excluding steroid dienone is 6. The summed E-state index contributed by atoms with van der Waals surface area (Å²) in [5.74, 6) is -1.53. The first-order valence-electron chi connectivity index (χ1n) is 21.4. The molecule has 3 aliphatic heterocycles. The van der Waals surface area contributed by atoms with E-state index in [4.69, 9.17) is 13.7 Å². The lowest BCUT2D eigenvalue weighted by Gasteiger charge is -2.30. The van der Waals surface area contributed by atoms with Gasteiger partial charge in [-0.2, -0.15) is 29.8 Å². The first-order chi connectivity index (χ1) is 31.1. The monoisotopic (exact) mass is 975 g/mol. The topological polar surface area (TPSA) is 243 Å². The number of anilines is 1. The van der Waals surface area contributed by atoms with Crippen LogP contribution in [0.25, 0.3) is 0 Å². The Hall–Kier alpha value is -4.87. The van der Waals surface area contributed by atoms with E-state index in [0.29, 0.717) is 68.8 Å². The molecule has 0 spiro atoms. The van der Waals surface area contributed by atoms with Crippen molar-refractivity contribution >= 4 is 65.2 Å². The summed E-state index contributed by atoms with van der Waals surface area (Å²) in [5, 5.41) is 2.75. The molecular formula is C45H59N4O14S3+. The van der Waals surface area contributed by atoms with Crippen molar-refractivity contribution in [3.8, 4) is 0 Å². The van der Waals surface area contributed by atoms with Gasteiger partial charge >= 0.3 is 0 Å². The van der Waals surface area contributed by atoms with Crippen LogP contribution in [0, 0.1) is 0 Å². The molecule has 0 saturated heterocycles. The van der Waals surface area contributed by atoms with Crippen molar-refractivity contribution in [2.45, 2.75) is 79.4 Å². The number of imide groups is 1. The summed E-state index contributed by atoms with van der Waals surface area (Å²) in [6.07, 6.45) is 14.5. The van der Waals surface area contributed by atoms with Gasteiger partial charge in [0.15, 0.2) is 12.3 Å². The maximum Gasteiger partial charge on any atom is 0.296 e. The second-order valence-electron chi connectivity index (χ2n) is 16.5. The van der Waals surface area contributed by atoms with Gasteiger partial charge in [-0.15, -0.1) is 0 Å². The maximum absolute atomic E-state index is 12.8. The molecular weight excluding hydrogens is 917 g/mol. The highest BCUT2D eigenvalue weighted by Crippen LogP contribution is 2.51. The summed E-state index contributed by atoms with van der Waals surface area (Å²) in [7, 11) is -8.71. The lowest BCUT2D eigenvalue weighted by Crippen LogP contribution is -2.38. The Morgan fingerprint density at radius 3 is 2.11 bits per heavy atom. The Morgan fingerprint density at radius 2 is 1.45 bits per heavy atom. The number of hydrogen-bond acceptors (Lipinski definition) is 13. The number of hydrogen-bond donors (Lipinski definition) is 3. The molecule has 0 aliphatic carbocycles. The summed E-state index contributed by atoms with van der Waals surface area (Å²) in [6, 6.07) is 9.16. The van der Waals surface area contributed by atoms with Crippen LogP contribution < -0.4 is 10.2 Å². The molecule has 3 heterocycles. The molecule has 2 aromatic rings. The molecule has 0 aromatic heterocycles. The van der Waals surface area contributed by atoms with E-state index in [2.05, 4.69) is 10.2 Å². The summed E-state index contributed by atoms with van der Waals surface area (Å²) >= 11 is 0. The molecule has 0 bridgehead atoms. The summed E-state index contributed by atoms with van der Waals surface area (Å²) in [4.78, 5) is 39.0. The minimum Gasteiger partial charge on any atom is -0.385 e. The van der Waals surface area contributed by atoms with Gasteiger partial charge in [0.05, 0.1) is 28.1 Å². The molecule has 18 nitrogen and oxygen atoms in total. The summed E-state index contributed by atoms with van der Waals surface area (Å²) in [5.41, 5.74) is 2.61. The zero-order valence-corrected chi connectivity index (χ0v) is 40.2. The van der Waals surface area contributed by atoms with Gasteiger partial charge in [0.1, 0.15) is 6.61 Å². The van der Waals surface area contributed by atoms with Crippen molar-refractivity contribution in [1.29, 1.82) is 0 Å². The number of benzene rings is 2. The van der Waals surface area contributed by atoms with E-state index < -0.39 is 58.8 Å². The zero-order chi connectivity index (χ0) is 48.5. The minimum absolute atomic E-state index is 0.0678. The predicted octanol–water partition coefficient (Wildman–Crippen LogP) is 4.35. The lowest BCUT2D eigenvalue weighted by molar-refractivity contribution is -0.441. The Balaban J connectivity index is 1.43. The molecule has 360 valence electrons. The van der Waals surface area contributed by atoms with Gasteiger partial charge in [-0.25, -0.2) is 0 Å². The van der Waals surface area contributed by atoms with Crippen molar-refractivity contribution in [3.63, 3.8) is 0 Å². The van der Waals surface area contributed by atoms with Crippen LogP contribution in [0.2, 0.25) is 0 Å². The second-order valence-corrected chi connectivity index (χ2v) is 21.3. The van der Waals surface area contributed by atoms with E-state index in [1.807, 2.05) is 48.8 Å². The average Bonchev–Trinajstić information content (AvgIpc) is 3.79. The van der Waals surface area contributed by atoms with Crippen molar-refractivity contribution in [1.82, 2.24) is 10.2 Å². The largest absolute Gasteiger partial charge is 0.385 e. The summed E-state index contributed by atoms with van der Waals surface area (Å²) in [6.45, 7) is 5.60. The van der Waals surface area contributed by atoms with Gasteiger partial charge < -0.3 is 19.7 Å². The summed E-state index contributed by atoms with van der Waals surface area (Å²) < 4.78 is 111.